The average Bonchev–Trinajstić information content (AvgIpc) is 2.72. The highest BCUT2D eigenvalue weighted by Gasteiger charge is 2.38. The highest BCUT2D eigenvalue weighted by Crippen LogP contribution is 2.29. The predicted octanol–water partition coefficient (Wildman–Crippen LogP) is 3.47. The molecule has 1 aromatic rings. The van der Waals surface area contributed by atoms with Gasteiger partial charge in [0.15, 0.2) is 0 Å². The van der Waals surface area contributed by atoms with Gasteiger partial charge in [-0.2, -0.15) is 0 Å². The molecule has 0 saturated carbocycles. The zero-order valence-corrected chi connectivity index (χ0v) is 13.3. The standard InChI is InChI=1S/C17H25FN2O/c1-5-14-16(21)20(10-9-17(2,3)4)15(19-14)12-7-6-8-13(18)11-12/h6-8,11,14-15,19H,5,9-10H2,1-4H3. The lowest BCUT2D eigenvalue weighted by Gasteiger charge is -2.28. The zero-order valence-electron chi connectivity index (χ0n) is 13.3. The Bertz CT molecular complexity index is 510. The lowest BCUT2D eigenvalue weighted by molar-refractivity contribution is -0.130. The minimum Gasteiger partial charge on any atom is -0.322 e. The second-order valence-corrected chi connectivity index (χ2v) is 6.93. The van der Waals surface area contributed by atoms with Crippen molar-refractivity contribution in [1.29, 1.82) is 0 Å². The monoisotopic (exact) mass is 292 g/mol. The Balaban J connectivity index is 2.22. The van der Waals surface area contributed by atoms with Gasteiger partial charge in [-0.25, -0.2) is 4.39 Å². The number of rotatable bonds is 4. The van der Waals surface area contributed by atoms with E-state index in [-0.39, 0.29) is 29.3 Å². The zero-order chi connectivity index (χ0) is 15.6. The molecule has 4 heteroatoms. The molecule has 1 aliphatic heterocycles. The van der Waals surface area contributed by atoms with E-state index in [0.29, 0.717) is 6.54 Å². The molecule has 0 bridgehead atoms. The summed E-state index contributed by atoms with van der Waals surface area (Å²) in [6.07, 6.45) is 1.44. The first-order chi connectivity index (χ1) is 9.81. The Hall–Kier alpha value is -1.42. The minimum atomic E-state index is -0.266. The van der Waals surface area contributed by atoms with Crippen LogP contribution in [0.2, 0.25) is 0 Å². The van der Waals surface area contributed by atoms with Crippen LogP contribution in [0.1, 0.15) is 52.3 Å². The number of benzene rings is 1. The molecule has 0 aliphatic carbocycles. The number of carbonyl (C=O) groups is 1. The third-order valence-corrected chi connectivity index (χ3v) is 3.93. The van der Waals surface area contributed by atoms with Crippen molar-refractivity contribution in [2.75, 3.05) is 6.54 Å². The predicted molar refractivity (Wildman–Crippen MR) is 82.1 cm³/mol. The molecular formula is C17H25FN2O. The van der Waals surface area contributed by atoms with Crippen molar-refractivity contribution in [1.82, 2.24) is 10.2 Å². The molecule has 1 heterocycles. The van der Waals surface area contributed by atoms with Gasteiger partial charge in [0.2, 0.25) is 5.91 Å². The van der Waals surface area contributed by atoms with E-state index in [9.17, 15) is 9.18 Å². The third-order valence-electron chi connectivity index (χ3n) is 3.93. The van der Waals surface area contributed by atoms with Crippen LogP contribution in [0.4, 0.5) is 4.39 Å². The molecule has 21 heavy (non-hydrogen) atoms. The van der Waals surface area contributed by atoms with Gasteiger partial charge in [0.1, 0.15) is 12.0 Å². The Morgan fingerprint density at radius 2 is 2.05 bits per heavy atom. The van der Waals surface area contributed by atoms with Crippen LogP contribution in [-0.2, 0) is 4.79 Å². The van der Waals surface area contributed by atoms with Gasteiger partial charge >= 0.3 is 0 Å². The summed E-state index contributed by atoms with van der Waals surface area (Å²) >= 11 is 0. The van der Waals surface area contributed by atoms with E-state index in [1.165, 1.54) is 12.1 Å². The summed E-state index contributed by atoms with van der Waals surface area (Å²) in [4.78, 5) is 14.3. The van der Waals surface area contributed by atoms with Crippen molar-refractivity contribution in [2.45, 2.75) is 52.7 Å². The number of nitrogens with zero attached hydrogens (tertiary/aromatic N) is 1. The van der Waals surface area contributed by atoms with Gasteiger partial charge in [0.25, 0.3) is 0 Å². The molecule has 0 radical (unpaired) electrons. The molecule has 1 saturated heterocycles. The fourth-order valence-corrected chi connectivity index (χ4v) is 2.62. The molecule has 3 nitrogen and oxygen atoms in total. The number of halogens is 1. The van der Waals surface area contributed by atoms with Crippen molar-refractivity contribution in [3.63, 3.8) is 0 Å². The maximum Gasteiger partial charge on any atom is 0.241 e. The molecule has 1 amide bonds. The number of carbonyl (C=O) groups excluding carboxylic acids is 1. The van der Waals surface area contributed by atoms with E-state index in [1.54, 1.807) is 6.07 Å². The van der Waals surface area contributed by atoms with Gasteiger partial charge < -0.3 is 4.90 Å². The van der Waals surface area contributed by atoms with Crippen LogP contribution in [0.15, 0.2) is 24.3 Å². The van der Waals surface area contributed by atoms with Crippen LogP contribution in [0.25, 0.3) is 0 Å². The average molecular weight is 292 g/mol. The first kappa shape index (κ1) is 16.0. The van der Waals surface area contributed by atoms with Gasteiger partial charge in [0, 0.05) is 6.54 Å². The molecule has 116 valence electrons. The largest absolute Gasteiger partial charge is 0.322 e. The molecule has 1 aliphatic rings. The summed E-state index contributed by atoms with van der Waals surface area (Å²) in [5.74, 6) is -0.145. The van der Waals surface area contributed by atoms with Crippen molar-refractivity contribution in [3.05, 3.63) is 35.6 Å². The molecule has 2 unspecified atom stereocenters. The van der Waals surface area contributed by atoms with E-state index in [0.717, 1.165) is 18.4 Å². The highest BCUT2D eigenvalue weighted by molar-refractivity contribution is 5.84. The minimum absolute atomic E-state index is 0.121. The Morgan fingerprint density at radius 3 is 2.62 bits per heavy atom. The maximum absolute atomic E-state index is 13.5. The van der Waals surface area contributed by atoms with Crippen molar-refractivity contribution < 1.29 is 9.18 Å². The van der Waals surface area contributed by atoms with Crippen molar-refractivity contribution in [2.24, 2.45) is 5.41 Å². The van der Waals surface area contributed by atoms with E-state index in [2.05, 4.69) is 26.1 Å². The second-order valence-electron chi connectivity index (χ2n) is 6.93. The van der Waals surface area contributed by atoms with Crippen LogP contribution in [0.3, 0.4) is 0 Å². The van der Waals surface area contributed by atoms with Crippen molar-refractivity contribution in [3.8, 4) is 0 Å². The van der Waals surface area contributed by atoms with E-state index in [1.807, 2.05) is 17.9 Å². The first-order valence-electron chi connectivity index (χ1n) is 7.64. The quantitative estimate of drug-likeness (QED) is 0.921. The number of hydrogen-bond donors (Lipinski definition) is 1. The fraction of sp³-hybridized carbons (Fsp3) is 0.588. The molecular weight excluding hydrogens is 267 g/mol. The van der Waals surface area contributed by atoms with Crippen LogP contribution in [0.5, 0.6) is 0 Å². The highest BCUT2D eigenvalue weighted by atomic mass is 19.1. The second kappa shape index (κ2) is 6.14. The fourth-order valence-electron chi connectivity index (χ4n) is 2.62. The van der Waals surface area contributed by atoms with Crippen molar-refractivity contribution >= 4 is 5.91 Å². The Kier molecular flexibility index (Phi) is 4.67. The number of hydrogen-bond acceptors (Lipinski definition) is 2. The van der Waals surface area contributed by atoms with Gasteiger partial charge in [-0.15, -0.1) is 0 Å². The Morgan fingerprint density at radius 1 is 1.33 bits per heavy atom. The smallest absolute Gasteiger partial charge is 0.241 e. The number of amides is 1. The molecule has 0 aromatic heterocycles. The van der Waals surface area contributed by atoms with Gasteiger partial charge in [0.05, 0.1) is 6.04 Å². The SMILES string of the molecule is CCC1NC(c2cccc(F)c2)N(CCC(C)(C)C)C1=O. The van der Waals surface area contributed by atoms with Crippen LogP contribution in [-0.4, -0.2) is 23.4 Å². The molecule has 2 rings (SSSR count). The van der Waals surface area contributed by atoms with Crippen LogP contribution >= 0.6 is 0 Å². The maximum atomic E-state index is 13.5. The molecule has 1 aromatic carbocycles. The van der Waals surface area contributed by atoms with Gasteiger partial charge in [-0.3, -0.25) is 10.1 Å². The first-order valence-corrected chi connectivity index (χ1v) is 7.64. The lowest BCUT2D eigenvalue weighted by Crippen LogP contribution is -2.33. The summed E-state index contributed by atoms with van der Waals surface area (Å²) in [7, 11) is 0. The summed E-state index contributed by atoms with van der Waals surface area (Å²) in [5.41, 5.74) is 0.977. The van der Waals surface area contributed by atoms with Gasteiger partial charge in [-0.05, 0) is 36.0 Å². The third kappa shape index (κ3) is 3.82. The molecule has 1 fully saturated rings. The topological polar surface area (TPSA) is 32.3 Å². The van der Waals surface area contributed by atoms with Crippen LogP contribution in [0, 0.1) is 11.2 Å². The van der Waals surface area contributed by atoms with E-state index < -0.39 is 0 Å². The van der Waals surface area contributed by atoms with E-state index in [4.69, 9.17) is 0 Å². The summed E-state index contributed by atoms with van der Waals surface area (Å²) in [6.45, 7) is 9.17. The summed E-state index contributed by atoms with van der Waals surface area (Å²) in [6, 6.07) is 6.33. The summed E-state index contributed by atoms with van der Waals surface area (Å²) in [5, 5.41) is 3.33. The van der Waals surface area contributed by atoms with Crippen LogP contribution < -0.4 is 5.32 Å². The summed E-state index contributed by atoms with van der Waals surface area (Å²) < 4.78 is 13.5. The van der Waals surface area contributed by atoms with E-state index >= 15 is 0 Å². The van der Waals surface area contributed by atoms with Gasteiger partial charge in [-0.1, -0.05) is 39.8 Å². The normalized spacial score (nSPS) is 22.9. The molecule has 1 N–H and O–H groups in total. The lowest BCUT2D eigenvalue weighted by atomic mass is 9.92. The Labute approximate surface area is 126 Å². The molecule has 2 atom stereocenters. The molecule has 0 spiro atoms. The number of nitrogens with one attached hydrogen (secondary N) is 1.